The number of carbonyl (C=O) groups excluding carboxylic acids is 2. The van der Waals surface area contributed by atoms with Gasteiger partial charge in [0.05, 0.1) is 35.8 Å². The third kappa shape index (κ3) is 4.78. The van der Waals surface area contributed by atoms with Crippen LogP contribution in [0.2, 0.25) is 0 Å². The smallest absolute Gasteiger partial charge is 0.316 e. The van der Waals surface area contributed by atoms with E-state index in [1.54, 1.807) is 18.2 Å². The van der Waals surface area contributed by atoms with Gasteiger partial charge in [0.25, 0.3) is 0 Å². The number of rotatable bonds is 8. The standard InChI is InChI=1S/C19H17NO5S2/c1-23-12-7-8-13(16(9-12)24-2)15(21)10-25-18(22)11-26-19-20-14-5-3-4-6-17(14)27-19/h3-9H,10-11H2,1-2H3. The highest BCUT2D eigenvalue weighted by Gasteiger charge is 2.16. The Labute approximate surface area is 164 Å². The Hall–Kier alpha value is -2.58. The molecule has 0 aliphatic rings. The number of hydrogen-bond donors (Lipinski definition) is 0. The van der Waals surface area contributed by atoms with Crippen molar-refractivity contribution in [2.24, 2.45) is 0 Å². The summed E-state index contributed by atoms with van der Waals surface area (Å²) in [7, 11) is 2.99. The number of carbonyl (C=O) groups is 2. The van der Waals surface area contributed by atoms with Gasteiger partial charge < -0.3 is 14.2 Å². The molecule has 27 heavy (non-hydrogen) atoms. The number of Topliss-reactive ketones (excluding diaryl/α,β-unsaturated/α-hetero) is 1. The SMILES string of the molecule is COc1ccc(C(=O)COC(=O)CSc2nc3ccccc3s2)c(OC)c1. The normalized spacial score (nSPS) is 10.6. The summed E-state index contributed by atoms with van der Waals surface area (Å²) in [5, 5.41) is 0. The summed E-state index contributed by atoms with van der Waals surface area (Å²) in [6.45, 7) is -0.345. The van der Waals surface area contributed by atoms with Gasteiger partial charge >= 0.3 is 5.97 Å². The number of fused-ring (bicyclic) bond motifs is 1. The van der Waals surface area contributed by atoms with Crippen LogP contribution in [0.3, 0.4) is 0 Å². The summed E-state index contributed by atoms with van der Waals surface area (Å²) in [4.78, 5) is 28.7. The quantitative estimate of drug-likeness (QED) is 0.321. The second-order valence-corrected chi connectivity index (χ2v) is 7.64. The van der Waals surface area contributed by atoms with Crippen LogP contribution in [0.1, 0.15) is 10.4 Å². The lowest BCUT2D eigenvalue weighted by molar-refractivity contribution is -0.139. The fourth-order valence-corrected chi connectivity index (χ4v) is 4.19. The van der Waals surface area contributed by atoms with Crippen LogP contribution >= 0.6 is 23.1 Å². The summed E-state index contributed by atoms with van der Waals surface area (Å²) < 4.78 is 17.2. The van der Waals surface area contributed by atoms with Gasteiger partial charge in [-0.05, 0) is 24.3 Å². The number of thioether (sulfide) groups is 1. The van der Waals surface area contributed by atoms with Crippen molar-refractivity contribution >= 4 is 45.1 Å². The monoisotopic (exact) mass is 403 g/mol. The highest BCUT2D eigenvalue weighted by molar-refractivity contribution is 8.01. The lowest BCUT2D eigenvalue weighted by atomic mass is 10.1. The van der Waals surface area contributed by atoms with Crippen molar-refractivity contribution in [2.45, 2.75) is 4.34 Å². The van der Waals surface area contributed by atoms with Crippen LogP contribution in [0.5, 0.6) is 11.5 Å². The molecule has 0 unspecified atom stereocenters. The van der Waals surface area contributed by atoms with Gasteiger partial charge in [0.1, 0.15) is 11.5 Å². The average molecular weight is 403 g/mol. The van der Waals surface area contributed by atoms with E-state index in [1.807, 2.05) is 24.3 Å². The molecule has 1 heterocycles. The van der Waals surface area contributed by atoms with E-state index in [0.717, 1.165) is 14.6 Å². The predicted octanol–water partition coefficient (Wildman–Crippen LogP) is 3.83. The minimum absolute atomic E-state index is 0.0901. The van der Waals surface area contributed by atoms with E-state index in [-0.39, 0.29) is 18.1 Å². The molecule has 0 aliphatic carbocycles. The van der Waals surface area contributed by atoms with E-state index < -0.39 is 5.97 Å². The van der Waals surface area contributed by atoms with E-state index >= 15 is 0 Å². The zero-order valence-electron chi connectivity index (χ0n) is 14.8. The number of nitrogens with zero attached hydrogens (tertiary/aromatic N) is 1. The third-order valence-electron chi connectivity index (χ3n) is 3.66. The third-order valence-corrected chi connectivity index (χ3v) is 5.81. The van der Waals surface area contributed by atoms with Crippen LogP contribution in [0.4, 0.5) is 0 Å². The Balaban J connectivity index is 1.53. The first-order chi connectivity index (χ1) is 13.1. The minimum Gasteiger partial charge on any atom is -0.497 e. The van der Waals surface area contributed by atoms with Gasteiger partial charge in [-0.15, -0.1) is 11.3 Å². The van der Waals surface area contributed by atoms with Crippen molar-refractivity contribution < 1.29 is 23.8 Å². The molecule has 0 saturated carbocycles. The van der Waals surface area contributed by atoms with Gasteiger partial charge in [-0.3, -0.25) is 9.59 Å². The van der Waals surface area contributed by atoms with Gasteiger partial charge in [0, 0.05) is 6.07 Å². The number of hydrogen-bond acceptors (Lipinski definition) is 8. The topological polar surface area (TPSA) is 74.7 Å². The van der Waals surface area contributed by atoms with Crippen LogP contribution < -0.4 is 9.47 Å². The molecular weight excluding hydrogens is 386 g/mol. The minimum atomic E-state index is -0.472. The molecule has 6 nitrogen and oxygen atoms in total. The van der Waals surface area contributed by atoms with E-state index in [0.29, 0.717) is 17.1 Å². The maximum atomic E-state index is 12.3. The maximum absolute atomic E-state index is 12.3. The molecule has 0 radical (unpaired) electrons. The summed E-state index contributed by atoms with van der Waals surface area (Å²) in [6, 6.07) is 12.6. The molecule has 140 valence electrons. The molecule has 8 heteroatoms. The van der Waals surface area contributed by atoms with Crippen LogP contribution in [0.25, 0.3) is 10.2 Å². The van der Waals surface area contributed by atoms with E-state index in [9.17, 15) is 9.59 Å². The van der Waals surface area contributed by atoms with Gasteiger partial charge in [0.2, 0.25) is 5.78 Å². The lowest BCUT2D eigenvalue weighted by Crippen LogP contribution is -2.16. The van der Waals surface area contributed by atoms with Crippen molar-refractivity contribution in [1.29, 1.82) is 0 Å². The van der Waals surface area contributed by atoms with E-state index in [1.165, 1.54) is 37.3 Å². The predicted molar refractivity (Wildman–Crippen MR) is 105 cm³/mol. The van der Waals surface area contributed by atoms with Crippen molar-refractivity contribution in [3.05, 3.63) is 48.0 Å². The molecule has 0 spiro atoms. The molecule has 2 aromatic carbocycles. The molecule has 1 aromatic heterocycles. The molecule has 0 amide bonds. The van der Waals surface area contributed by atoms with Crippen molar-refractivity contribution in [3.63, 3.8) is 0 Å². The number of para-hydroxylation sites is 1. The number of esters is 1. The van der Waals surface area contributed by atoms with Crippen LogP contribution in [0.15, 0.2) is 46.8 Å². The van der Waals surface area contributed by atoms with Gasteiger partial charge in [-0.2, -0.15) is 0 Å². The number of ketones is 1. The molecule has 0 fully saturated rings. The Morgan fingerprint density at radius 3 is 2.67 bits per heavy atom. The number of aromatic nitrogens is 1. The van der Waals surface area contributed by atoms with Gasteiger partial charge in [-0.1, -0.05) is 23.9 Å². The highest BCUT2D eigenvalue weighted by Crippen LogP contribution is 2.29. The number of thiazole rings is 1. The van der Waals surface area contributed by atoms with Gasteiger partial charge in [-0.25, -0.2) is 4.98 Å². The summed E-state index contributed by atoms with van der Waals surface area (Å²) in [5.74, 6) is 0.229. The number of ether oxygens (including phenoxy) is 3. The van der Waals surface area contributed by atoms with Crippen molar-refractivity contribution in [1.82, 2.24) is 4.98 Å². The summed E-state index contributed by atoms with van der Waals surface area (Å²) >= 11 is 2.81. The van der Waals surface area contributed by atoms with Crippen molar-refractivity contribution in [2.75, 3.05) is 26.6 Å². The molecule has 3 aromatic rings. The molecule has 3 rings (SSSR count). The highest BCUT2D eigenvalue weighted by atomic mass is 32.2. The molecule has 0 saturated heterocycles. The summed E-state index contributed by atoms with van der Waals surface area (Å²) in [6.07, 6.45) is 0. The average Bonchev–Trinajstić information content (AvgIpc) is 3.12. The molecule has 0 N–H and O–H groups in total. The zero-order valence-corrected chi connectivity index (χ0v) is 16.4. The Morgan fingerprint density at radius 2 is 1.93 bits per heavy atom. The Bertz CT molecular complexity index is 937. The fraction of sp³-hybridized carbons (Fsp3) is 0.211. The second kappa shape index (κ2) is 8.88. The first kappa shape index (κ1) is 19.2. The maximum Gasteiger partial charge on any atom is 0.316 e. The molecule has 0 aliphatic heterocycles. The molecule has 0 atom stereocenters. The molecule has 0 bridgehead atoms. The van der Waals surface area contributed by atoms with Gasteiger partial charge in [0.15, 0.2) is 10.9 Å². The van der Waals surface area contributed by atoms with Crippen LogP contribution in [-0.4, -0.2) is 43.3 Å². The summed E-state index contributed by atoms with van der Waals surface area (Å²) in [5.41, 5.74) is 1.24. The second-order valence-electron chi connectivity index (χ2n) is 5.39. The number of methoxy groups -OCH3 is 2. The first-order valence-electron chi connectivity index (χ1n) is 8.00. The first-order valence-corrected chi connectivity index (χ1v) is 9.80. The lowest BCUT2D eigenvalue weighted by Gasteiger charge is -2.09. The number of benzene rings is 2. The molecular formula is C19H17NO5S2. The van der Waals surface area contributed by atoms with E-state index in [4.69, 9.17) is 14.2 Å². The Morgan fingerprint density at radius 1 is 1.11 bits per heavy atom. The van der Waals surface area contributed by atoms with Crippen LogP contribution in [0, 0.1) is 0 Å². The zero-order chi connectivity index (χ0) is 19.2. The largest absolute Gasteiger partial charge is 0.497 e. The Kier molecular flexibility index (Phi) is 6.31. The van der Waals surface area contributed by atoms with E-state index in [2.05, 4.69) is 4.98 Å². The fourth-order valence-electron chi connectivity index (χ4n) is 2.33. The van der Waals surface area contributed by atoms with Crippen LogP contribution in [-0.2, 0) is 9.53 Å². The van der Waals surface area contributed by atoms with Crippen molar-refractivity contribution in [3.8, 4) is 11.5 Å².